The summed E-state index contributed by atoms with van der Waals surface area (Å²) in [6.07, 6.45) is 9.95. The molecule has 0 amide bonds. The fraction of sp³-hybridized carbons (Fsp3) is 0.650. The van der Waals surface area contributed by atoms with E-state index in [1.165, 1.54) is 11.1 Å². The number of hydrogen-bond acceptors (Lipinski definition) is 1. The molecule has 2 nitrogen and oxygen atoms in total. The van der Waals surface area contributed by atoms with Gasteiger partial charge in [-0.3, -0.25) is 4.79 Å². The number of carboxylic acid groups (broad SMARTS) is 1. The molecular weight excluding hydrogens is 272 g/mol. The van der Waals surface area contributed by atoms with Crippen molar-refractivity contribution < 1.29 is 9.90 Å². The summed E-state index contributed by atoms with van der Waals surface area (Å²) in [6.45, 7) is 14.5. The molecule has 0 spiro atoms. The Balaban J connectivity index is 2.36. The summed E-state index contributed by atoms with van der Waals surface area (Å²) >= 11 is 0. The van der Waals surface area contributed by atoms with Crippen LogP contribution in [-0.4, -0.2) is 11.1 Å². The maximum absolute atomic E-state index is 11.9. The average molecular weight is 302 g/mol. The van der Waals surface area contributed by atoms with E-state index >= 15 is 0 Å². The predicted molar refractivity (Wildman–Crippen MR) is 91.6 cm³/mol. The van der Waals surface area contributed by atoms with Crippen molar-refractivity contribution >= 4 is 5.97 Å². The van der Waals surface area contributed by atoms with Crippen molar-refractivity contribution in [2.75, 3.05) is 0 Å². The number of allylic oxidation sites excluding steroid dienone is 4. The molecule has 0 aromatic heterocycles. The van der Waals surface area contributed by atoms with Gasteiger partial charge < -0.3 is 5.11 Å². The fourth-order valence-corrected chi connectivity index (χ4v) is 5.03. The molecule has 2 fully saturated rings. The Labute approximate surface area is 135 Å². The van der Waals surface area contributed by atoms with Crippen LogP contribution in [0.2, 0.25) is 0 Å². The van der Waals surface area contributed by atoms with Crippen LogP contribution in [0.1, 0.15) is 59.3 Å². The molecule has 4 atom stereocenters. The Bertz CT molecular complexity index is 516. The molecule has 2 heteroatoms. The number of hydrogen-bond donors (Lipinski definition) is 1. The van der Waals surface area contributed by atoms with Crippen molar-refractivity contribution in [3.63, 3.8) is 0 Å². The average Bonchev–Trinajstić information content (AvgIpc) is 2.45. The van der Waals surface area contributed by atoms with Gasteiger partial charge >= 0.3 is 5.97 Å². The Morgan fingerprint density at radius 2 is 2.09 bits per heavy atom. The standard InChI is InChI=1S/C20H30O2/c1-6-14(2)8-10-16-15(3)9-11-17-19(16,4)12-7-13-20(17,5)18(21)22/h6,8,16-17H,1,3,7,9-13H2,2,4-5H3,(H,21,22)/b14-8+/t16-,17+,19-,20-/m1/s1. The number of carbonyl (C=O) groups is 1. The van der Waals surface area contributed by atoms with Gasteiger partial charge in [0, 0.05) is 0 Å². The van der Waals surface area contributed by atoms with Crippen LogP contribution in [0.5, 0.6) is 0 Å². The van der Waals surface area contributed by atoms with Gasteiger partial charge in [-0.1, -0.05) is 49.8 Å². The molecular formula is C20H30O2. The molecule has 0 heterocycles. The Hall–Kier alpha value is -1.31. The lowest BCUT2D eigenvalue weighted by atomic mass is 9.46. The molecule has 122 valence electrons. The molecule has 0 aromatic carbocycles. The molecule has 1 N–H and O–H groups in total. The second-order valence-corrected chi connectivity index (χ2v) is 7.77. The van der Waals surface area contributed by atoms with Crippen molar-refractivity contribution in [3.05, 3.63) is 36.5 Å². The summed E-state index contributed by atoms with van der Waals surface area (Å²) < 4.78 is 0. The summed E-state index contributed by atoms with van der Waals surface area (Å²) in [4.78, 5) is 11.9. The molecule has 0 saturated heterocycles. The van der Waals surface area contributed by atoms with E-state index in [0.29, 0.717) is 5.92 Å². The highest BCUT2D eigenvalue weighted by molar-refractivity contribution is 5.75. The second kappa shape index (κ2) is 6.06. The smallest absolute Gasteiger partial charge is 0.309 e. The van der Waals surface area contributed by atoms with Gasteiger partial charge in [-0.05, 0) is 63.2 Å². The lowest BCUT2D eigenvalue weighted by Crippen LogP contribution is -2.53. The number of aliphatic carboxylic acids is 1. The Morgan fingerprint density at radius 3 is 2.68 bits per heavy atom. The molecule has 22 heavy (non-hydrogen) atoms. The maximum Gasteiger partial charge on any atom is 0.309 e. The summed E-state index contributed by atoms with van der Waals surface area (Å²) in [5.74, 6) is 0.0202. The molecule has 0 radical (unpaired) electrons. The summed E-state index contributed by atoms with van der Waals surface area (Å²) in [7, 11) is 0. The Morgan fingerprint density at radius 1 is 1.41 bits per heavy atom. The van der Waals surface area contributed by atoms with Gasteiger partial charge in [0.25, 0.3) is 0 Å². The molecule has 0 bridgehead atoms. The zero-order valence-electron chi connectivity index (χ0n) is 14.3. The fourth-order valence-electron chi connectivity index (χ4n) is 5.03. The van der Waals surface area contributed by atoms with E-state index in [4.69, 9.17) is 0 Å². The monoisotopic (exact) mass is 302 g/mol. The van der Waals surface area contributed by atoms with Crippen molar-refractivity contribution in [3.8, 4) is 0 Å². The normalized spacial score (nSPS) is 39.2. The van der Waals surface area contributed by atoms with Crippen LogP contribution >= 0.6 is 0 Å². The highest BCUT2D eigenvalue weighted by Crippen LogP contribution is 2.61. The lowest BCUT2D eigenvalue weighted by molar-refractivity contribution is -0.164. The quantitative estimate of drug-likeness (QED) is 0.559. The van der Waals surface area contributed by atoms with E-state index in [9.17, 15) is 9.90 Å². The van der Waals surface area contributed by atoms with Crippen LogP contribution in [0.15, 0.2) is 36.5 Å². The van der Waals surface area contributed by atoms with Gasteiger partial charge in [0.1, 0.15) is 0 Å². The summed E-state index contributed by atoms with van der Waals surface area (Å²) in [6, 6.07) is 0. The minimum atomic E-state index is -0.618. The number of carboxylic acids is 1. The van der Waals surface area contributed by atoms with Crippen molar-refractivity contribution in [2.45, 2.75) is 59.3 Å². The van der Waals surface area contributed by atoms with E-state index < -0.39 is 11.4 Å². The van der Waals surface area contributed by atoms with E-state index in [0.717, 1.165) is 38.5 Å². The maximum atomic E-state index is 11.9. The molecule has 0 unspecified atom stereocenters. The van der Waals surface area contributed by atoms with Crippen molar-refractivity contribution in [1.82, 2.24) is 0 Å². The van der Waals surface area contributed by atoms with E-state index in [1.807, 2.05) is 13.0 Å². The highest BCUT2D eigenvalue weighted by atomic mass is 16.4. The van der Waals surface area contributed by atoms with Crippen LogP contribution < -0.4 is 0 Å². The SMILES string of the molecule is C=C/C(C)=C/C[C@@H]1C(=C)CC[C@H]2[C@]1(C)CCC[C@@]2(C)C(=O)O. The first kappa shape index (κ1) is 17.1. The van der Waals surface area contributed by atoms with Crippen LogP contribution in [0.25, 0.3) is 0 Å². The van der Waals surface area contributed by atoms with Crippen molar-refractivity contribution in [1.29, 1.82) is 0 Å². The number of fused-ring (bicyclic) bond motifs is 1. The zero-order chi connectivity index (χ0) is 16.5. The topological polar surface area (TPSA) is 37.3 Å². The molecule has 2 saturated carbocycles. The zero-order valence-corrected chi connectivity index (χ0v) is 14.3. The van der Waals surface area contributed by atoms with Crippen LogP contribution in [-0.2, 0) is 4.79 Å². The first-order chi connectivity index (χ1) is 10.3. The largest absolute Gasteiger partial charge is 0.481 e. The van der Waals surface area contributed by atoms with Gasteiger partial charge in [0.2, 0.25) is 0 Å². The van der Waals surface area contributed by atoms with Gasteiger partial charge in [-0.25, -0.2) is 0 Å². The molecule has 2 rings (SSSR count). The lowest BCUT2D eigenvalue weighted by Gasteiger charge is -2.57. The molecule has 2 aliphatic rings. The number of rotatable bonds is 4. The first-order valence-corrected chi connectivity index (χ1v) is 8.46. The molecule has 2 aliphatic carbocycles. The molecule has 0 aromatic rings. The third-order valence-corrected chi connectivity index (χ3v) is 6.51. The first-order valence-electron chi connectivity index (χ1n) is 8.46. The summed E-state index contributed by atoms with van der Waals surface area (Å²) in [5.41, 5.74) is 1.97. The third-order valence-electron chi connectivity index (χ3n) is 6.51. The third kappa shape index (κ3) is 2.68. The minimum Gasteiger partial charge on any atom is -0.481 e. The molecule has 0 aliphatic heterocycles. The highest BCUT2D eigenvalue weighted by Gasteiger charge is 2.57. The van der Waals surface area contributed by atoms with Gasteiger partial charge in [0.15, 0.2) is 0 Å². The Kier molecular flexibility index (Phi) is 4.70. The van der Waals surface area contributed by atoms with Gasteiger partial charge in [-0.15, -0.1) is 0 Å². The van der Waals surface area contributed by atoms with Crippen molar-refractivity contribution in [2.24, 2.45) is 22.7 Å². The van der Waals surface area contributed by atoms with E-state index in [2.05, 4.69) is 33.1 Å². The predicted octanol–water partition coefficient (Wildman–Crippen LogP) is 5.37. The van der Waals surface area contributed by atoms with Crippen LogP contribution in [0, 0.1) is 22.7 Å². The van der Waals surface area contributed by atoms with E-state index in [1.54, 1.807) is 0 Å². The second-order valence-electron chi connectivity index (χ2n) is 7.77. The van der Waals surface area contributed by atoms with Crippen LogP contribution in [0.4, 0.5) is 0 Å². The minimum absolute atomic E-state index is 0.0542. The van der Waals surface area contributed by atoms with Gasteiger partial charge in [-0.2, -0.15) is 0 Å². The van der Waals surface area contributed by atoms with E-state index in [-0.39, 0.29) is 11.3 Å². The van der Waals surface area contributed by atoms with Gasteiger partial charge in [0.05, 0.1) is 5.41 Å². The summed E-state index contributed by atoms with van der Waals surface area (Å²) in [5, 5.41) is 9.81. The van der Waals surface area contributed by atoms with Crippen LogP contribution in [0.3, 0.4) is 0 Å².